The Morgan fingerprint density at radius 2 is 2.09 bits per heavy atom. The van der Waals surface area contributed by atoms with Crippen LogP contribution in [0.5, 0.6) is 5.75 Å². The number of halogens is 1. The number of ether oxygens (including phenoxy) is 1. The van der Waals surface area contributed by atoms with Gasteiger partial charge in [0.05, 0.1) is 24.6 Å². The Balaban J connectivity index is 2.04. The molecule has 0 heterocycles. The molecule has 0 aliphatic rings. The summed E-state index contributed by atoms with van der Waals surface area (Å²) in [4.78, 5) is 22.4. The predicted octanol–water partition coefficient (Wildman–Crippen LogP) is 3.31. The molecular weight excluding hydrogens is 322 g/mol. The highest BCUT2D eigenvalue weighted by Gasteiger charge is 2.17. The number of nitro groups is 1. The summed E-state index contributed by atoms with van der Waals surface area (Å²) < 4.78 is 4.94. The average Bonchev–Trinajstić information content (AvgIpc) is 2.53. The third-order valence-corrected chi connectivity index (χ3v) is 3.19. The van der Waals surface area contributed by atoms with Crippen LogP contribution < -0.4 is 15.4 Å². The van der Waals surface area contributed by atoms with Gasteiger partial charge in [0.25, 0.3) is 5.69 Å². The quantitative estimate of drug-likeness (QED) is 0.624. The van der Waals surface area contributed by atoms with Gasteiger partial charge >= 0.3 is 0 Å². The van der Waals surface area contributed by atoms with Crippen LogP contribution >= 0.6 is 11.6 Å². The van der Waals surface area contributed by atoms with Gasteiger partial charge in [-0.1, -0.05) is 17.7 Å². The van der Waals surface area contributed by atoms with E-state index in [0.29, 0.717) is 16.5 Å². The van der Waals surface area contributed by atoms with Gasteiger partial charge in [-0.3, -0.25) is 14.9 Å². The lowest BCUT2D eigenvalue weighted by Crippen LogP contribution is -2.22. The molecule has 0 saturated heterocycles. The Labute approximate surface area is 137 Å². The molecule has 0 saturated carbocycles. The van der Waals surface area contributed by atoms with Gasteiger partial charge in [-0.15, -0.1) is 0 Å². The van der Waals surface area contributed by atoms with Crippen LogP contribution in [0, 0.1) is 10.1 Å². The molecule has 2 N–H and O–H groups in total. The van der Waals surface area contributed by atoms with E-state index in [2.05, 4.69) is 10.6 Å². The van der Waals surface area contributed by atoms with E-state index in [4.69, 9.17) is 16.3 Å². The summed E-state index contributed by atoms with van der Waals surface area (Å²) >= 11 is 5.85. The SMILES string of the molecule is COc1ccc(NC(=O)CNc2cccc(Cl)c2)c([N+](=O)[O-])c1. The maximum Gasteiger partial charge on any atom is 0.296 e. The van der Waals surface area contributed by atoms with Gasteiger partial charge < -0.3 is 15.4 Å². The van der Waals surface area contributed by atoms with E-state index in [9.17, 15) is 14.9 Å². The lowest BCUT2D eigenvalue weighted by molar-refractivity contribution is -0.384. The van der Waals surface area contributed by atoms with E-state index < -0.39 is 10.8 Å². The van der Waals surface area contributed by atoms with Crippen molar-refractivity contribution in [3.8, 4) is 5.75 Å². The van der Waals surface area contributed by atoms with Crippen molar-refractivity contribution in [1.82, 2.24) is 0 Å². The number of amides is 1. The lowest BCUT2D eigenvalue weighted by atomic mass is 10.2. The van der Waals surface area contributed by atoms with Gasteiger partial charge in [0.15, 0.2) is 0 Å². The molecule has 0 aliphatic heterocycles. The molecular formula is C15H14ClN3O4. The van der Waals surface area contributed by atoms with Crippen LogP contribution in [0.1, 0.15) is 0 Å². The number of nitro benzene ring substituents is 1. The van der Waals surface area contributed by atoms with Gasteiger partial charge in [0.2, 0.25) is 5.91 Å². The molecule has 2 aromatic carbocycles. The van der Waals surface area contributed by atoms with Crippen LogP contribution in [-0.4, -0.2) is 24.5 Å². The third kappa shape index (κ3) is 4.58. The van der Waals surface area contributed by atoms with Gasteiger partial charge in [-0.25, -0.2) is 0 Å². The highest BCUT2D eigenvalue weighted by molar-refractivity contribution is 6.30. The molecule has 8 heteroatoms. The van der Waals surface area contributed by atoms with E-state index in [-0.39, 0.29) is 17.9 Å². The Morgan fingerprint density at radius 1 is 1.30 bits per heavy atom. The molecule has 0 radical (unpaired) electrons. The number of hydrogen-bond donors (Lipinski definition) is 2. The van der Waals surface area contributed by atoms with E-state index in [1.807, 2.05) is 0 Å². The monoisotopic (exact) mass is 335 g/mol. The molecule has 0 atom stereocenters. The van der Waals surface area contributed by atoms with E-state index >= 15 is 0 Å². The number of methoxy groups -OCH3 is 1. The Hall–Kier alpha value is -2.80. The minimum absolute atomic E-state index is 0.0521. The van der Waals surface area contributed by atoms with Gasteiger partial charge in [-0.2, -0.15) is 0 Å². The second kappa shape index (κ2) is 7.46. The first-order valence-electron chi connectivity index (χ1n) is 6.61. The molecule has 0 fully saturated rings. The van der Waals surface area contributed by atoms with Crippen LogP contribution in [0.15, 0.2) is 42.5 Å². The summed E-state index contributed by atoms with van der Waals surface area (Å²) in [5.74, 6) is -0.0787. The predicted molar refractivity (Wildman–Crippen MR) is 88.2 cm³/mol. The number of nitrogens with zero attached hydrogens (tertiary/aromatic N) is 1. The molecule has 0 aromatic heterocycles. The molecule has 23 heavy (non-hydrogen) atoms. The fraction of sp³-hybridized carbons (Fsp3) is 0.133. The number of anilines is 2. The Bertz CT molecular complexity index is 736. The fourth-order valence-electron chi connectivity index (χ4n) is 1.87. The van der Waals surface area contributed by atoms with Crippen LogP contribution in [0.4, 0.5) is 17.1 Å². The summed E-state index contributed by atoms with van der Waals surface area (Å²) in [5.41, 5.74) is 0.547. The summed E-state index contributed by atoms with van der Waals surface area (Å²) in [6, 6.07) is 11.1. The lowest BCUT2D eigenvalue weighted by Gasteiger charge is -2.09. The van der Waals surface area contributed by atoms with E-state index in [0.717, 1.165) is 0 Å². The molecule has 0 unspecified atom stereocenters. The van der Waals surface area contributed by atoms with Crippen molar-refractivity contribution in [2.24, 2.45) is 0 Å². The molecule has 7 nitrogen and oxygen atoms in total. The van der Waals surface area contributed by atoms with Crippen LogP contribution in [0.3, 0.4) is 0 Å². The highest BCUT2D eigenvalue weighted by atomic mass is 35.5. The highest BCUT2D eigenvalue weighted by Crippen LogP contribution is 2.28. The van der Waals surface area contributed by atoms with Crippen molar-refractivity contribution >= 4 is 34.6 Å². The first-order valence-corrected chi connectivity index (χ1v) is 6.99. The summed E-state index contributed by atoms with van der Waals surface area (Å²) in [5, 5.41) is 17.0. The van der Waals surface area contributed by atoms with Crippen molar-refractivity contribution < 1.29 is 14.5 Å². The summed E-state index contributed by atoms with van der Waals surface area (Å²) in [7, 11) is 1.41. The van der Waals surface area contributed by atoms with Gasteiger partial charge in [0, 0.05) is 10.7 Å². The molecule has 120 valence electrons. The van der Waals surface area contributed by atoms with Crippen molar-refractivity contribution in [1.29, 1.82) is 0 Å². The number of rotatable bonds is 6. The average molecular weight is 336 g/mol. The number of hydrogen-bond acceptors (Lipinski definition) is 5. The van der Waals surface area contributed by atoms with Gasteiger partial charge in [-0.05, 0) is 30.3 Å². The minimum atomic E-state index is -0.581. The maximum absolute atomic E-state index is 11.9. The topological polar surface area (TPSA) is 93.5 Å². The zero-order valence-electron chi connectivity index (χ0n) is 12.2. The number of carbonyl (C=O) groups excluding carboxylic acids is 1. The zero-order chi connectivity index (χ0) is 16.8. The van der Waals surface area contributed by atoms with Crippen LogP contribution in [-0.2, 0) is 4.79 Å². The standard InChI is InChI=1S/C15H14ClN3O4/c1-23-12-5-6-13(14(8-12)19(21)22)18-15(20)9-17-11-4-2-3-10(16)7-11/h2-8,17H,9H2,1H3,(H,18,20). The maximum atomic E-state index is 11.9. The smallest absolute Gasteiger partial charge is 0.296 e. The summed E-state index contributed by atoms with van der Waals surface area (Å²) in [6.07, 6.45) is 0. The van der Waals surface area contributed by atoms with E-state index in [1.165, 1.54) is 25.3 Å². The number of carbonyl (C=O) groups is 1. The molecule has 2 aromatic rings. The fourth-order valence-corrected chi connectivity index (χ4v) is 2.06. The second-order valence-electron chi connectivity index (χ2n) is 4.55. The van der Waals surface area contributed by atoms with Crippen molar-refractivity contribution in [2.45, 2.75) is 0 Å². The largest absolute Gasteiger partial charge is 0.496 e. The minimum Gasteiger partial charge on any atom is -0.496 e. The van der Waals surface area contributed by atoms with Crippen molar-refractivity contribution in [2.75, 3.05) is 24.3 Å². The second-order valence-corrected chi connectivity index (χ2v) is 4.99. The Morgan fingerprint density at radius 3 is 2.74 bits per heavy atom. The van der Waals surface area contributed by atoms with Crippen molar-refractivity contribution in [3.63, 3.8) is 0 Å². The third-order valence-electron chi connectivity index (χ3n) is 2.95. The summed E-state index contributed by atoms with van der Waals surface area (Å²) in [6.45, 7) is -0.0521. The molecule has 1 amide bonds. The first kappa shape index (κ1) is 16.6. The molecule has 0 spiro atoms. The zero-order valence-corrected chi connectivity index (χ0v) is 13.0. The normalized spacial score (nSPS) is 10.0. The number of nitrogens with one attached hydrogen (secondary N) is 2. The van der Waals surface area contributed by atoms with E-state index in [1.54, 1.807) is 24.3 Å². The first-order chi connectivity index (χ1) is 11.0. The number of benzene rings is 2. The molecule has 2 rings (SSSR count). The molecule has 0 aliphatic carbocycles. The molecule has 0 bridgehead atoms. The Kier molecular flexibility index (Phi) is 5.37. The van der Waals surface area contributed by atoms with Crippen LogP contribution in [0.2, 0.25) is 5.02 Å². The van der Waals surface area contributed by atoms with Crippen molar-refractivity contribution in [3.05, 3.63) is 57.6 Å². The van der Waals surface area contributed by atoms with Gasteiger partial charge in [0.1, 0.15) is 11.4 Å². The van der Waals surface area contributed by atoms with Crippen LogP contribution in [0.25, 0.3) is 0 Å².